The summed E-state index contributed by atoms with van der Waals surface area (Å²) in [6, 6.07) is 6.07. The lowest BCUT2D eigenvalue weighted by molar-refractivity contribution is 0.0162. The Morgan fingerprint density at radius 2 is 1.90 bits per heavy atom. The van der Waals surface area contributed by atoms with E-state index in [0.717, 1.165) is 0 Å². The Morgan fingerprint density at radius 3 is 2.55 bits per heavy atom. The van der Waals surface area contributed by atoms with Crippen molar-refractivity contribution < 1.29 is 18.7 Å². The predicted molar refractivity (Wildman–Crippen MR) is 73.8 cm³/mol. The second-order valence-corrected chi connectivity index (χ2v) is 5.76. The number of ether oxygens (including phenoxy) is 1. The van der Waals surface area contributed by atoms with Gasteiger partial charge < -0.3 is 14.3 Å². The van der Waals surface area contributed by atoms with Gasteiger partial charge in [0.25, 0.3) is 0 Å². The zero-order valence-corrected chi connectivity index (χ0v) is 11.8. The first-order valence-electron chi connectivity index (χ1n) is 7.00. The van der Waals surface area contributed by atoms with Gasteiger partial charge in [-0.1, -0.05) is 6.92 Å². The smallest absolute Gasteiger partial charge is 0.134 e. The van der Waals surface area contributed by atoms with Gasteiger partial charge in [-0.25, -0.2) is 4.39 Å². The highest BCUT2D eigenvalue weighted by molar-refractivity contribution is 5.77. The van der Waals surface area contributed by atoms with Crippen LogP contribution in [0.2, 0.25) is 0 Å². The molecule has 1 fully saturated rings. The molecule has 0 aliphatic carbocycles. The summed E-state index contributed by atoms with van der Waals surface area (Å²) < 4.78 is 24.6. The third kappa shape index (κ3) is 2.13. The van der Waals surface area contributed by atoms with Crippen molar-refractivity contribution in [2.24, 2.45) is 11.8 Å². The number of fused-ring (bicyclic) bond motifs is 1. The van der Waals surface area contributed by atoms with Crippen molar-refractivity contribution in [2.75, 3.05) is 0 Å². The largest absolute Gasteiger partial charge is 0.458 e. The number of benzene rings is 1. The first-order chi connectivity index (χ1) is 9.47. The van der Waals surface area contributed by atoms with Gasteiger partial charge in [0, 0.05) is 11.3 Å². The Morgan fingerprint density at radius 1 is 1.15 bits per heavy atom. The number of furan rings is 1. The van der Waals surface area contributed by atoms with E-state index in [2.05, 4.69) is 6.92 Å². The van der Waals surface area contributed by atoms with Gasteiger partial charge in [0.1, 0.15) is 23.3 Å². The van der Waals surface area contributed by atoms with E-state index in [0.29, 0.717) is 16.7 Å². The van der Waals surface area contributed by atoms with E-state index in [1.807, 2.05) is 13.8 Å². The average molecular weight is 278 g/mol. The Kier molecular flexibility index (Phi) is 3.30. The van der Waals surface area contributed by atoms with Gasteiger partial charge in [0.15, 0.2) is 0 Å². The number of hydrogen-bond donors (Lipinski definition) is 1. The van der Waals surface area contributed by atoms with E-state index in [1.54, 1.807) is 12.1 Å². The van der Waals surface area contributed by atoms with Crippen LogP contribution >= 0.6 is 0 Å². The van der Waals surface area contributed by atoms with Crippen molar-refractivity contribution in [2.45, 2.75) is 39.1 Å². The molecule has 1 aromatic carbocycles. The predicted octanol–water partition coefficient (Wildman–Crippen LogP) is 3.66. The summed E-state index contributed by atoms with van der Waals surface area (Å²) in [4.78, 5) is 0. The monoisotopic (exact) mass is 278 g/mol. The molecule has 0 bridgehead atoms. The summed E-state index contributed by atoms with van der Waals surface area (Å²) in [5, 5.41) is 11.3. The molecule has 0 saturated carbocycles. The van der Waals surface area contributed by atoms with E-state index < -0.39 is 6.10 Å². The molecule has 0 amide bonds. The van der Waals surface area contributed by atoms with Crippen molar-refractivity contribution >= 4 is 11.0 Å². The van der Waals surface area contributed by atoms with Crippen LogP contribution in [-0.4, -0.2) is 17.3 Å². The van der Waals surface area contributed by atoms with E-state index >= 15 is 0 Å². The molecule has 1 aromatic heterocycles. The molecule has 1 aliphatic heterocycles. The average Bonchev–Trinajstić information content (AvgIpc) is 2.91. The van der Waals surface area contributed by atoms with Gasteiger partial charge in [0.05, 0.1) is 12.2 Å². The van der Waals surface area contributed by atoms with E-state index in [9.17, 15) is 9.50 Å². The van der Waals surface area contributed by atoms with Crippen LogP contribution < -0.4 is 0 Å². The standard InChI is InChI=1S/C16H19FO3/c1-8-9(2)19-10(3)15(8)16(18)14-7-11-6-12(17)4-5-13(11)20-14/h4-10,15-16,18H,1-3H3. The Balaban J connectivity index is 1.94. The zero-order valence-electron chi connectivity index (χ0n) is 11.8. The second kappa shape index (κ2) is 4.86. The first-order valence-corrected chi connectivity index (χ1v) is 7.00. The van der Waals surface area contributed by atoms with Crippen molar-refractivity contribution in [3.05, 3.63) is 35.8 Å². The van der Waals surface area contributed by atoms with Gasteiger partial charge in [-0.2, -0.15) is 0 Å². The fraction of sp³-hybridized carbons (Fsp3) is 0.500. The Bertz CT molecular complexity index is 621. The molecule has 0 spiro atoms. The molecule has 5 unspecified atom stereocenters. The highest BCUT2D eigenvalue weighted by Crippen LogP contribution is 2.41. The number of halogens is 1. The van der Waals surface area contributed by atoms with Gasteiger partial charge in [-0.3, -0.25) is 0 Å². The normalized spacial score (nSPS) is 31.9. The van der Waals surface area contributed by atoms with E-state index in [4.69, 9.17) is 9.15 Å². The summed E-state index contributed by atoms with van der Waals surface area (Å²) in [6.45, 7) is 6.06. The molecule has 20 heavy (non-hydrogen) atoms. The minimum Gasteiger partial charge on any atom is -0.458 e. The molecule has 1 N–H and O–H groups in total. The number of aliphatic hydroxyl groups is 1. The molecule has 5 atom stereocenters. The SMILES string of the molecule is CC1OC(C)C(C(O)c2cc3cc(F)ccc3o2)C1C. The van der Waals surface area contributed by atoms with Gasteiger partial charge in [-0.15, -0.1) is 0 Å². The van der Waals surface area contributed by atoms with Crippen LogP contribution in [-0.2, 0) is 4.74 Å². The second-order valence-electron chi connectivity index (χ2n) is 5.76. The maximum absolute atomic E-state index is 13.2. The number of hydrogen-bond acceptors (Lipinski definition) is 3. The van der Waals surface area contributed by atoms with Crippen LogP contribution in [0.3, 0.4) is 0 Å². The molecular weight excluding hydrogens is 259 g/mol. The summed E-state index contributed by atoms with van der Waals surface area (Å²) in [5.74, 6) is 0.395. The van der Waals surface area contributed by atoms with Crippen LogP contribution in [0.1, 0.15) is 32.6 Å². The Labute approximate surface area is 117 Å². The highest BCUT2D eigenvalue weighted by atomic mass is 19.1. The lowest BCUT2D eigenvalue weighted by atomic mass is 9.84. The summed E-state index contributed by atoms with van der Waals surface area (Å²) >= 11 is 0. The zero-order chi connectivity index (χ0) is 14.4. The van der Waals surface area contributed by atoms with Crippen LogP contribution in [0.5, 0.6) is 0 Å². The van der Waals surface area contributed by atoms with Crippen molar-refractivity contribution in [3.63, 3.8) is 0 Å². The van der Waals surface area contributed by atoms with Crippen molar-refractivity contribution in [1.29, 1.82) is 0 Å². The molecule has 1 aliphatic rings. The maximum Gasteiger partial charge on any atom is 0.134 e. The summed E-state index contributed by atoms with van der Waals surface area (Å²) in [6.07, 6.45) is -0.646. The minimum absolute atomic E-state index is 0.0181. The van der Waals surface area contributed by atoms with Gasteiger partial charge >= 0.3 is 0 Å². The summed E-state index contributed by atoms with van der Waals surface area (Å²) in [5.41, 5.74) is 0.590. The molecule has 3 nitrogen and oxygen atoms in total. The minimum atomic E-state index is -0.736. The van der Waals surface area contributed by atoms with Crippen LogP contribution in [0, 0.1) is 17.7 Å². The number of rotatable bonds is 2. The number of aliphatic hydroxyl groups excluding tert-OH is 1. The molecule has 0 radical (unpaired) electrons. The van der Waals surface area contributed by atoms with E-state index in [1.165, 1.54) is 12.1 Å². The van der Waals surface area contributed by atoms with E-state index in [-0.39, 0.29) is 29.9 Å². The van der Waals surface area contributed by atoms with Crippen molar-refractivity contribution in [3.8, 4) is 0 Å². The highest BCUT2D eigenvalue weighted by Gasteiger charge is 2.42. The van der Waals surface area contributed by atoms with Crippen LogP contribution in [0.25, 0.3) is 11.0 Å². The molecule has 3 rings (SSSR count). The molecular formula is C16H19FO3. The first kappa shape index (κ1) is 13.6. The molecule has 1 saturated heterocycles. The summed E-state index contributed by atoms with van der Waals surface area (Å²) in [7, 11) is 0. The fourth-order valence-corrected chi connectivity index (χ4v) is 3.21. The van der Waals surface area contributed by atoms with Gasteiger partial charge in [-0.05, 0) is 44.0 Å². The molecule has 2 aromatic rings. The maximum atomic E-state index is 13.2. The van der Waals surface area contributed by atoms with Gasteiger partial charge in [0.2, 0.25) is 0 Å². The lowest BCUT2D eigenvalue weighted by Crippen LogP contribution is -2.24. The topological polar surface area (TPSA) is 42.6 Å². The molecule has 2 heterocycles. The van der Waals surface area contributed by atoms with Crippen LogP contribution in [0.4, 0.5) is 4.39 Å². The van der Waals surface area contributed by atoms with Crippen molar-refractivity contribution in [1.82, 2.24) is 0 Å². The third-order valence-corrected chi connectivity index (χ3v) is 4.47. The quantitative estimate of drug-likeness (QED) is 0.911. The molecule has 108 valence electrons. The molecule has 4 heteroatoms. The lowest BCUT2D eigenvalue weighted by Gasteiger charge is -2.22. The third-order valence-electron chi connectivity index (χ3n) is 4.47. The van der Waals surface area contributed by atoms with Crippen LogP contribution in [0.15, 0.2) is 28.7 Å². The fourth-order valence-electron chi connectivity index (χ4n) is 3.21. The Hall–Kier alpha value is -1.39.